The van der Waals surface area contributed by atoms with Crippen molar-refractivity contribution in [2.45, 2.75) is 126 Å². The van der Waals surface area contributed by atoms with E-state index < -0.39 is 0 Å². The monoisotopic (exact) mass is 364 g/mol. The number of aryl methyl sites for hydroxylation is 1. The summed E-state index contributed by atoms with van der Waals surface area (Å²) in [5.41, 5.74) is 1.47. The van der Waals surface area contributed by atoms with E-state index in [-0.39, 0.29) is 0 Å². The highest BCUT2D eigenvalue weighted by molar-refractivity contribution is 5.14. The van der Waals surface area contributed by atoms with Gasteiger partial charge in [0, 0.05) is 0 Å². The lowest BCUT2D eigenvalue weighted by atomic mass is 9.94. The zero-order valence-corrected chi connectivity index (χ0v) is 19.7. The minimum absolute atomic E-state index is 1.02. The van der Waals surface area contributed by atoms with Crippen LogP contribution in [0.15, 0.2) is 30.3 Å². The lowest BCUT2D eigenvalue weighted by Crippen LogP contribution is -1.98. The lowest BCUT2D eigenvalue weighted by Gasteiger charge is -2.12. The minimum atomic E-state index is 1.02. The Morgan fingerprint density at radius 3 is 1.46 bits per heavy atom. The molecule has 0 aliphatic rings. The van der Waals surface area contributed by atoms with Gasteiger partial charge in [0.25, 0.3) is 0 Å². The van der Waals surface area contributed by atoms with E-state index in [1.165, 1.54) is 76.2 Å². The molecule has 0 aliphatic carbocycles. The molecule has 0 saturated heterocycles. The molecule has 0 aliphatic heterocycles. The third kappa shape index (κ3) is 23.2. The first-order chi connectivity index (χ1) is 12.8. The largest absolute Gasteiger partial charge is 0.0683 e. The molecule has 0 nitrogen and oxygen atoms in total. The van der Waals surface area contributed by atoms with Crippen molar-refractivity contribution in [1.29, 1.82) is 0 Å². The van der Waals surface area contributed by atoms with E-state index in [2.05, 4.69) is 58.0 Å². The molecule has 1 rings (SSSR count). The van der Waals surface area contributed by atoms with Crippen LogP contribution in [-0.4, -0.2) is 0 Å². The van der Waals surface area contributed by atoms with Gasteiger partial charge in [-0.25, -0.2) is 0 Å². The lowest BCUT2D eigenvalue weighted by molar-refractivity contribution is 0.408. The van der Waals surface area contributed by atoms with Gasteiger partial charge in [-0.05, 0) is 24.3 Å². The molecule has 0 spiro atoms. The molecule has 156 valence electrons. The van der Waals surface area contributed by atoms with Crippen LogP contribution in [0.3, 0.4) is 0 Å². The number of benzene rings is 1. The van der Waals surface area contributed by atoms with Gasteiger partial charge in [0.1, 0.15) is 0 Å². The van der Waals surface area contributed by atoms with Crippen LogP contribution in [-0.2, 0) is 6.42 Å². The van der Waals surface area contributed by atoms with Crippen LogP contribution in [0.5, 0.6) is 0 Å². The average molecular weight is 365 g/mol. The number of hydrogen-bond acceptors (Lipinski definition) is 0. The van der Waals surface area contributed by atoms with Gasteiger partial charge in [0.2, 0.25) is 0 Å². The second-order valence-corrected chi connectivity index (χ2v) is 6.50. The molecule has 0 atom stereocenters. The third-order valence-electron chi connectivity index (χ3n) is 4.42. The smallest absolute Gasteiger partial charge is 0.0279 e. The van der Waals surface area contributed by atoms with Gasteiger partial charge >= 0.3 is 0 Å². The van der Waals surface area contributed by atoms with Gasteiger partial charge in [0.05, 0.1) is 0 Å². The van der Waals surface area contributed by atoms with Crippen molar-refractivity contribution in [3.8, 4) is 0 Å². The van der Waals surface area contributed by atoms with E-state index in [9.17, 15) is 0 Å². The first-order valence-electron chi connectivity index (χ1n) is 11.8. The minimum Gasteiger partial charge on any atom is -0.0683 e. The predicted molar refractivity (Wildman–Crippen MR) is 125 cm³/mol. The summed E-state index contributed by atoms with van der Waals surface area (Å²) in [6, 6.07) is 10.7. The molecular formula is C26H52. The molecule has 0 radical (unpaired) electrons. The summed E-state index contributed by atoms with van der Waals surface area (Å²) in [6.45, 7) is 17.1. The first kappa shape index (κ1) is 30.0. The highest BCUT2D eigenvalue weighted by Gasteiger charge is 2.03. The van der Waals surface area contributed by atoms with Crippen molar-refractivity contribution in [3.05, 3.63) is 35.9 Å². The Morgan fingerprint density at radius 1 is 0.615 bits per heavy atom. The summed E-state index contributed by atoms with van der Waals surface area (Å²) in [7, 11) is 0. The summed E-state index contributed by atoms with van der Waals surface area (Å²) < 4.78 is 0. The first-order valence-corrected chi connectivity index (χ1v) is 11.8. The van der Waals surface area contributed by atoms with E-state index in [0.717, 1.165) is 5.92 Å². The van der Waals surface area contributed by atoms with Crippen LogP contribution in [0.25, 0.3) is 0 Å². The van der Waals surface area contributed by atoms with Crippen LogP contribution in [0.2, 0.25) is 0 Å². The molecule has 0 unspecified atom stereocenters. The standard InChI is InChI=1S/C11H16.C11H24.2C2H6/c1-2-3-5-8-11-9-6-4-7-10-11;1-4-7-9-11(6-3)10-8-5-2;2*1-2/h4,6-7,9-10H,2-3,5,8H2,1H3;11H,4-10H2,1-3H3;2*1-2H3. The molecule has 1 aromatic carbocycles. The van der Waals surface area contributed by atoms with Crippen molar-refractivity contribution in [2.24, 2.45) is 5.92 Å². The van der Waals surface area contributed by atoms with Crippen molar-refractivity contribution in [1.82, 2.24) is 0 Å². The molecule has 0 bridgehead atoms. The zero-order valence-electron chi connectivity index (χ0n) is 19.7. The Kier molecular flexibility index (Phi) is 33.4. The van der Waals surface area contributed by atoms with E-state index in [0.29, 0.717) is 0 Å². The van der Waals surface area contributed by atoms with Gasteiger partial charge in [-0.15, -0.1) is 0 Å². The van der Waals surface area contributed by atoms with Crippen molar-refractivity contribution < 1.29 is 0 Å². The molecule has 0 heterocycles. The number of hydrogen-bond donors (Lipinski definition) is 0. The van der Waals surface area contributed by atoms with Crippen molar-refractivity contribution in [3.63, 3.8) is 0 Å². The Balaban J connectivity index is -0.000000341. The predicted octanol–water partition coefficient (Wildman–Crippen LogP) is 9.86. The summed E-state index contributed by atoms with van der Waals surface area (Å²) in [6.07, 6.45) is 15.2. The summed E-state index contributed by atoms with van der Waals surface area (Å²) >= 11 is 0. The Labute approximate surface area is 168 Å². The number of unbranched alkanes of at least 4 members (excludes halogenated alkanes) is 4. The SMILES string of the molecule is CC.CC.CCCCC(CC)CCCC.CCCCCc1ccccc1. The second-order valence-electron chi connectivity index (χ2n) is 6.50. The van der Waals surface area contributed by atoms with E-state index in [4.69, 9.17) is 0 Å². The van der Waals surface area contributed by atoms with Crippen molar-refractivity contribution in [2.75, 3.05) is 0 Å². The third-order valence-corrected chi connectivity index (χ3v) is 4.42. The van der Waals surface area contributed by atoms with Crippen molar-refractivity contribution >= 4 is 0 Å². The molecule has 1 aromatic rings. The summed E-state index contributed by atoms with van der Waals surface area (Å²) in [5, 5.41) is 0. The van der Waals surface area contributed by atoms with Crippen LogP contribution < -0.4 is 0 Å². The molecule has 26 heavy (non-hydrogen) atoms. The van der Waals surface area contributed by atoms with Crippen LogP contribution >= 0.6 is 0 Å². The van der Waals surface area contributed by atoms with E-state index in [1.54, 1.807) is 0 Å². The fourth-order valence-corrected chi connectivity index (χ4v) is 2.76. The van der Waals surface area contributed by atoms with Gasteiger partial charge in [0.15, 0.2) is 0 Å². The maximum atomic E-state index is 2.33. The Morgan fingerprint density at radius 2 is 1.08 bits per heavy atom. The zero-order chi connectivity index (χ0) is 20.5. The molecule has 0 fully saturated rings. The maximum Gasteiger partial charge on any atom is -0.0279 e. The Bertz CT molecular complexity index is 293. The highest BCUT2D eigenvalue weighted by atomic mass is 14.1. The molecule has 0 aromatic heterocycles. The molecule has 0 N–H and O–H groups in total. The molecule has 0 saturated carbocycles. The van der Waals surface area contributed by atoms with Gasteiger partial charge in [-0.2, -0.15) is 0 Å². The van der Waals surface area contributed by atoms with E-state index >= 15 is 0 Å². The molecule has 0 amide bonds. The second kappa shape index (κ2) is 29.0. The van der Waals surface area contributed by atoms with Gasteiger partial charge in [-0.1, -0.05) is 144 Å². The average Bonchev–Trinajstić information content (AvgIpc) is 2.73. The number of rotatable bonds is 11. The van der Waals surface area contributed by atoms with Crippen LogP contribution in [0.1, 0.15) is 125 Å². The topological polar surface area (TPSA) is 0 Å². The Hall–Kier alpha value is -0.780. The van der Waals surface area contributed by atoms with Crippen LogP contribution in [0.4, 0.5) is 0 Å². The van der Waals surface area contributed by atoms with Gasteiger partial charge in [-0.3, -0.25) is 0 Å². The fourth-order valence-electron chi connectivity index (χ4n) is 2.76. The molecule has 0 heteroatoms. The quantitative estimate of drug-likeness (QED) is 0.343. The summed E-state index contributed by atoms with van der Waals surface area (Å²) in [4.78, 5) is 0. The maximum absolute atomic E-state index is 2.33. The summed E-state index contributed by atoms with van der Waals surface area (Å²) in [5.74, 6) is 1.02. The highest BCUT2D eigenvalue weighted by Crippen LogP contribution is 2.18. The van der Waals surface area contributed by atoms with Gasteiger partial charge < -0.3 is 0 Å². The fraction of sp³-hybridized carbons (Fsp3) is 0.769. The normalized spacial score (nSPS) is 9.27. The molecular weight excluding hydrogens is 312 g/mol. The van der Waals surface area contributed by atoms with Crippen LogP contribution in [0, 0.1) is 5.92 Å². The van der Waals surface area contributed by atoms with E-state index in [1.807, 2.05) is 27.7 Å².